The highest BCUT2D eigenvalue weighted by atomic mass is 16.5. The molecule has 17 heavy (non-hydrogen) atoms. The quantitative estimate of drug-likeness (QED) is 0.790. The lowest BCUT2D eigenvalue weighted by Crippen LogP contribution is -2.09. The number of hydrogen-bond donors (Lipinski definition) is 1. The van der Waals surface area contributed by atoms with E-state index in [1.165, 1.54) is 0 Å². The lowest BCUT2D eigenvalue weighted by molar-refractivity contribution is 0.352. The van der Waals surface area contributed by atoms with Gasteiger partial charge in [-0.05, 0) is 18.1 Å². The first-order valence-electron chi connectivity index (χ1n) is 5.37. The van der Waals surface area contributed by atoms with Gasteiger partial charge in [0.15, 0.2) is 5.82 Å². The molecular weight excluding hydrogens is 216 g/mol. The molecule has 0 aliphatic rings. The molecule has 0 fully saturated rings. The molecule has 0 aliphatic heterocycles. The fourth-order valence-corrected chi connectivity index (χ4v) is 1.46. The SMILES string of the molecule is C=CCC(N)c1nc(Cc2cccnc2)no1. The van der Waals surface area contributed by atoms with Crippen LogP contribution in [0.15, 0.2) is 41.7 Å². The predicted molar refractivity (Wildman–Crippen MR) is 63.1 cm³/mol. The van der Waals surface area contributed by atoms with Gasteiger partial charge in [-0.2, -0.15) is 4.98 Å². The standard InChI is InChI=1S/C12H14N4O/c1-2-4-10(13)12-15-11(16-17-12)7-9-5-3-6-14-8-9/h2-3,5-6,8,10H,1,4,7,13H2. The number of hydrogen-bond acceptors (Lipinski definition) is 5. The zero-order chi connectivity index (χ0) is 12.1. The molecule has 1 unspecified atom stereocenters. The third-order valence-corrected chi connectivity index (χ3v) is 2.31. The number of aromatic nitrogens is 3. The summed E-state index contributed by atoms with van der Waals surface area (Å²) in [7, 11) is 0. The van der Waals surface area contributed by atoms with Crippen molar-refractivity contribution in [2.75, 3.05) is 0 Å². The Balaban J connectivity index is 2.06. The minimum atomic E-state index is -0.275. The van der Waals surface area contributed by atoms with Gasteiger partial charge in [-0.15, -0.1) is 6.58 Å². The van der Waals surface area contributed by atoms with E-state index in [0.717, 1.165) is 5.56 Å². The highest BCUT2D eigenvalue weighted by molar-refractivity contribution is 5.13. The van der Waals surface area contributed by atoms with Gasteiger partial charge in [0.2, 0.25) is 5.89 Å². The van der Waals surface area contributed by atoms with Crippen LogP contribution in [0.4, 0.5) is 0 Å². The van der Waals surface area contributed by atoms with Gasteiger partial charge in [0, 0.05) is 18.8 Å². The fourth-order valence-electron chi connectivity index (χ4n) is 1.46. The van der Waals surface area contributed by atoms with Crippen LogP contribution in [0.3, 0.4) is 0 Å². The van der Waals surface area contributed by atoms with E-state index in [0.29, 0.717) is 24.6 Å². The lowest BCUT2D eigenvalue weighted by Gasteiger charge is -2.00. The number of nitrogens with zero attached hydrogens (tertiary/aromatic N) is 3. The maximum absolute atomic E-state index is 5.83. The zero-order valence-corrected chi connectivity index (χ0v) is 9.41. The Labute approximate surface area is 99.4 Å². The second kappa shape index (κ2) is 5.36. The van der Waals surface area contributed by atoms with Crippen LogP contribution in [0, 0.1) is 0 Å². The average molecular weight is 230 g/mol. The van der Waals surface area contributed by atoms with E-state index in [1.807, 2.05) is 12.1 Å². The minimum absolute atomic E-state index is 0.275. The Bertz CT molecular complexity index is 480. The zero-order valence-electron chi connectivity index (χ0n) is 9.41. The number of nitrogens with two attached hydrogens (primary N) is 1. The van der Waals surface area contributed by atoms with E-state index in [4.69, 9.17) is 10.3 Å². The predicted octanol–water partition coefficient (Wildman–Crippen LogP) is 1.63. The van der Waals surface area contributed by atoms with Crippen LogP contribution in [0.2, 0.25) is 0 Å². The largest absolute Gasteiger partial charge is 0.338 e. The Hall–Kier alpha value is -2.01. The molecule has 0 saturated heterocycles. The van der Waals surface area contributed by atoms with Crippen LogP contribution in [0.5, 0.6) is 0 Å². The van der Waals surface area contributed by atoms with Crippen molar-refractivity contribution in [3.8, 4) is 0 Å². The van der Waals surface area contributed by atoms with Gasteiger partial charge in [-0.3, -0.25) is 4.98 Å². The van der Waals surface area contributed by atoms with Crippen molar-refractivity contribution >= 4 is 0 Å². The maximum Gasteiger partial charge on any atom is 0.243 e. The molecule has 0 radical (unpaired) electrons. The van der Waals surface area contributed by atoms with E-state index < -0.39 is 0 Å². The first-order valence-corrected chi connectivity index (χ1v) is 5.37. The van der Waals surface area contributed by atoms with E-state index >= 15 is 0 Å². The first-order chi connectivity index (χ1) is 8.29. The van der Waals surface area contributed by atoms with Crippen LogP contribution >= 0.6 is 0 Å². The molecule has 5 nitrogen and oxygen atoms in total. The summed E-state index contributed by atoms with van der Waals surface area (Å²) >= 11 is 0. The van der Waals surface area contributed by atoms with Crippen molar-refractivity contribution in [3.63, 3.8) is 0 Å². The molecule has 2 N–H and O–H groups in total. The van der Waals surface area contributed by atoms with E-state index in [2.05, 4.69) is 21.7 Å². The van der Waals surface area contributed by atoms with Gasteiger partial charge in [0.05, 0.1) is 6.04 Å². The average Bonchev–Trinajstić information content (AvgIpc) is 2.79. The van der Waals surface area contributed by atoms with Gasteiger partial charge in [-0.1, -0.05) is 17.3 Å². The van der Waals surface area contributed by atoms with Crippen molar-refractivity contribution in [2.45, 2.75) is 18.9 Å². The van der Waals surface area contributed by atoms with Crippen LogP contribution in [-0.4, -0.2) is 15.1 Å². The molecule has 0 saturated carbocycles. The fraction of sp³-hybridized carbons (Fsp3) is 0.250. The van der Waals surface area contributed by atoms with Crippen molar-refractivity contribution < 1.29 is 4.52 Å². The van der Waals surface area contributed by atoms with Crippen LogP contribution < -0.4 is 5.73 Å². The highest BCUT2D eigenvalue weighted by Crippen LogP contribution is 2.13. The highest BCUT2D eigenvalue weighted by Gasteiger charge is 2.13. The monoisotopic (exact) mass is 230 g/mol. The molecule has 0 bridgehead atoms. The molecule has 2 aromatic rings. The Morgan fingerprint density at radius 3 is 3.12 bits per heavy atom. The molecule has 0 aromatic carbocycles. The molecule has 5 heteroatoms. The molecule has 0 amide bonds. The van der Waals surface area contributed by atoms with E-state index in [-0.39, 0.29) is 6.04 Å². The molecular formula is C12H14N4O. The summed E-state index contributed by atoms with van der Waals surface area (Å²) in [5.74, 6) is 1.07. The van der Waals surface area contributed by atoms with Crippen LogP contribution in [0.1, 0.15) is 29.7 Å². The number of rotatable bonds is 5. The third-order valence-electron chi connectivity index (χ3n) is 2.31. The lowest BCUT2D eigenvalue weighted by atomic mass is 10.2. The normalized spacial score (nSPS) is 12.3. The molecule has 2 heterocycles. The summed E-state index contributed by atoms with van der Waals surface area (Å²) in [5.41, 5.74) is 6.87. The maximum atomic E-state index is 5.83. The van der Waals surface area contributed by atoms with Gasteiger partial charge in [0.25, 0.3) is 0 Å². The Morgan fingerprint density at radius 2 is 2.41 bits per heavy atom. The molecule has 88 valence electrons. The smallest absolute Gasteiger partial charge is 0.243 e. The van der Waals surface area contributed by atoms with Crippen molar-refractivity contribution in [1.82, 2.24) is 15.1 Å². The third kappa shape index (κ3) is 2.98. The Kier molecular flexibility index (Phi) is 3.62. The van der Waals surface area contributed by atoms with E-state index in [9.17, 15) is 0 Å². The summed E-state index contributed by atoms with van der Waals surface area (Å²) in [5, 5.41) is 3.89. The second-order valence-electron chi connectivity index (χ2n) is 3.72. The molecule has 2 aromatic heterocycles. The van der Waals surface area contributed by atoms with Gasteiger partial charge in [0.1, 0.15) is 0 Å². The first kappa shape index (κ1) is 11.5. The van der Waals surface area contributed by atoms with Crippen molar-refractivity contribution in [1.29, 1.82) is 0 Å². The molecule has 2 rings (SSSR count). The van der Waals surface area contributed by atoms with Crippen molar-refractivity contribution in [3.05, 3.63) is 54.5 Å². The van der Waals surface area contributed by atoms with E-state index in [1.54, 1.807) is 18.5 Å². The molecule has 0 spiro atoms. The minimum Gasteiger partial charge on any atom is -0.338 e. The summed E-state index contributed by atoms with van der Waals surface area (Å²) < 4.78 is 5.10. The van der Waals surface area contributed by atoms with Gasteiger partial charge >= 0.3 is 0 Å². The van der Waals surface area contributed by atoms with Crippen LogP contribution in [-0.2, 0) is 6.42 Å². The molecule has 0 aliphatic carbocycles. The summed E-state index contributed by atoms with van der Waals surface area (Å²) in [6.45, 7) is 3.62. The van der Waals surface area contributed by atoms with Gasteiger partial charge in [-0.25, -0.2) is 0 Å². The Morgan fingerprint density at radius 1 is 1.53 bits per heavy atom. The van der Waals surface area contributed by atoms with Crippen molar-refractivity contribution in [2.24, 2.45) is 5.73 Å². The van der Waals surface area contributed by atoms with Crippen LogP contribution in [0.25, 0.3) is 0 Å². The molecule has 1 atom stereocenters. The summed E-state index contributed by atoms with van der Waals surface area (Å²) in [6.07, 6.45) is 6.45. The summed E-state index contributed by atoms with van der Waals surface area (Å²) in [6, 6.07) is 3.56. The topological polar surface area (TPSA) is 77.8 Å². The van der Waals surface area contributed by atoms with Gasteiger partial charge < -0.3 is 10.3 Å². The number of pyridine rings is 1. The summed E-state index contributed by atoms with van der Waals surface area (Å²) in [4.78, 5) is 8.27. The second-order valence-corrected chi connectivity index (χ2v) is 3.72.